The third-order valence-electron chi connectivity index (χ3n) is 2.48. The van der Waals surface area contributed by atoms with E-state index in [0.717, 1.165) is 18.7 Å². The fourth-order valence-electron chi connectivity index (χ4n) is 1.26. The molecule has 1 unspecified atom stereocenters. The van der Waals surface area contributed by atoms with Crippen molar-refractivity contribution in [1.82, 2.24) is 9.80 Å². The van der Waals surface area contributed by atoms with Crippen molar-refractivity contribution in [2.75, 3.05) is 32.6 Å². The number of rotatable bonds is 5. The molecule has 0 aromatic rings. The molecule has 0 aliphatic heterocycles. The van der Waals surface area contributed by atoms with Crippen molar-refractivity contribution in [2.24, 2.45) is 0 Å². The van der Waals surface area contributed by atoms with Gasteiger partial charge in [0.05, 0.1) is 0 Å². The van der Waals surface area contributed by atoms with Gasteiger partial charge >= 0.3 is 6.03 Å². The molecular weight excluding hydrogens is 196 g/mol. The molecule has 0 saturated heterocycles. The molecule has 1 atom stereocenters. The van der Waals surface area contributed by atoms with Gasteiger partial charge in [0.1, 0.15) is 0 Å². The van der Waals surface area contributed by atoms with E-state index >= 15 is 0 Å². The molecule has 0 saturated carbocycles. The molecule has 0 radical (unpaired) electrons. The van der Waals surface area contributed by atoms with Crippen molar-refractivity contribution >= 4 is 17.8 Å². The Morgan fingerprint density at radius 3 is 2.29 bits per heavy atom. The van der Waals surface area contributed by atoms with Gasteiger partial charge in [0, 0.05) is 32.4 Å². The molecular formula is C10H22N2OS. The van der Waals surface area contributed by atoms with Gasteiger partial charge in [0.2, 0.25) is 0 Å². The zero-order chi connectivity index (χ0) is 11.1. The van der Waals surface area contributed by atoms with Gasteiger partial charge in [0.25, 0.3) is 0 Å². The molecule has 0 fully saturated rings. The fourth-order valence-corrected chi connectivity index (χ4v) is 2.10. The molecule has 0 heterocycles. The molecule has 2 amide bonds. The highest BCUT2D eigenvalue weighted by Gasteiger charge is 2.19. The van der Waals surface area contributed by atoms with Crippen molar-refractivity contribution in [3.63, 3.8) is 0 Å². The number of carbonyl (C=O) groups is 1. The number of nitrogens with zero attached hydrogens (tertiary/aromatic N) is 2. The van der Waals surface area contributed by atoms with E-state index in [1.54, 1.807) is 16.7 Å². The van der Waals surface area contributed by atoms with Gasteiger partial charge in [-0.15, -0.1) is 0 Å². The van der Waals surface area contributed by atoms with Crippen molar-refractivity contribution in [1.29, 1.82) is 0 Å². The Bertz CT molecular complexity index is 176. The molecule has 0 N–H and O–H groups in total. The van der Waals surface area contributed by atoms with Gasteiger partial charge in [-0.25, -0.2) is 4.79 Å². The molecule has 0 aromatic carbocycles. The zero-order valence-corrected chi connectivity index (χ0v) is 10.7. The van der Waals surface area contributed by atoms with Crippen LogP contribution in [0.15, 0.2) is 0 Å². The predicted molar refractivity (Wildman–Crippen MR) is 63.9 cm³/mol. The number of urea groups is 1. The van der Waals surface area contributed by atoms with Crippen LogP contribution in [0, 0.1) is 0 Å². The summed E-state index contributed by atoms with van der Waals surface area (Å²) < 4.78 is 0. The minimum absolute atomic E-state index is 0.119. The van der Waals surface area contributed by atoms with Crippen LogP contribution in [0.1, 0.15) is 20.3 Å². The standard InChI is InChI=1S/C10H22N2OS/c1-6-9(8-14-5)12(4)10(13)11(3)7-2/h9H,6-8H2,1-5H3. The van der Waals surface area contributed by atoms with E-state index in [-0.39, 0.29) is 6.03 Å². The van der Waals surface area contributed by atoms with Crippen LogP contribution in [-0.2, 0) is 0 Å². The second-order valence-electron chi connectivity index (χ2n) is 3.43. The minimum atomic E-state index is 0.119. The molecule has 14 heavy (non-hydrogen) atoms. The maximum Gasteiger partial charge on any atom is 0.319 e. The van der Waals surface area contributed by atoms with Crippen LogP contribution in [0.5, 0.6) is 0 Å². The molecule has 0 aromatic heterocycles. The summed E-state index contributed by atoms with van der Waals surface area (Å²) in [4.78, 5) is 15.4. The smallest absolute Gasteiger partial charge is 0.319 e. The number of hydrogen-bond donors (Lipinski definition) is 0. The highest BCUT2D eigenvalue weighted by atomic mass is 32.2. The average Bonchev–Trinajstić information content (AvgIpc) is 2.22. The summed E-state index contributed by atoms with van der Waals surface area (Å²) in [5.74, 6) is 1.01. The summed E-state index contributed by atoms with van der Waals surface area (Å²) >= 11 is 1.79. The van der Waals surface area contributed by atoms with Gasteiger partial charge < -0.3 is 9.80 Å². The second-order valence-corrected chi connectivity index (χ2v) is 4.34. The molecule has 0 aliphatic carbocycles. The van der Waals surface area contributed by atoms with Crippen molar-refractivity contribution in [3.8, 4) is 0 Å². The van der Waals surface area contributed by atoms with Crippen molar-refractivity contribution in [2.45, 2.75) is 26.3 Å². The van der Waals surface area contributed by atoms with E-state index in [2.05, 4.69) is 13.2 Å². The first kappa shape index (κ1) is 13.6. The lowest BCUT2D eigenvalue weighted by atomic mass is 10.2. The highest BCUT2D eigenvalue weighted by molar-refractivity contribution is 7.98. The van der Waals surface area contributed by atoms with Crippen molar-refractivity contribution < 1.29 is 4.79 Å². The number of carbonyl (C=O) groups excluding carboxylic acids is 1. The molecule has 0 spiro atoms. The Labute approximate surface area is 91.8 Å². The Balaban J connectivity index is 4.25. The molecule has 0 bridgehead atoms. The van der Waals surface area contributed by atoms with Gasteiger partial charge in [-0.1, -0.05) is 6.92 Å². The van der Waals surface area contributed by atoms with Crippen LogP contribution in [0.4, 0.5) is 4.79 Å². The highest BCUT2D eigenvalue weighted by Crippen LogP contribution is 2.09. The lowest BCUT2D eigenvalue weighted by Crippen LogP contribution is -2.45. The first-order valence-corrected chi connectivity index (χ1v) is 6.44. The van der Waals surface area contributed by atoms with Crippen LogP contribution >= 0.6 is 11.8 Å². The zero-order valence-electron chi connectivity index (χ0n) is 9.91. The van der Waals surface area contributed by atoms with Gasteiger partial charge in [-0.2, -0.15) is 11.8 Å². The summed E-state index contributed by atoms with van der Waals surface area (Å²) in [6, 6.07) is 0.472. The monoisotopic (exact) mass is 218 g/mol. The fraction of sp³-hybridized carbons (Fsp3) is 0.900. The third kappa shape index (κ3) is 3.78. The van der Waals surface area contributed by atoms with Crippen LogP contribution in [0.2, 0.25) is 0 Å². The predicted octanol–water partition coefficient (Wildman–Crippen LogP) is 2.13. The van der Waals surface area contributed by atoms with E-state index < -0.39 is 0 Å². The summed E-state index contributed by atoms with van der Waals surface area (Å²) in [5, 5.41) is 0. The molecule has 3 nitrogen and oxygen atoms in total. The number of amides is 2. The number of thioether (sulfide) groups is 1. The maximum atomic E-state index is 11.8. The van der Waals surface area contributed by atoms with E-state index in [1.165, 1.54) is 0 Å². The third-order valence-corrected chi connectivity index (χ3v) is 3.20. The quantitative estimate of drug-likeness (QED) is 0.706. The van der Waals surface area contributed by atoms with Gasteiger partial charge in [0.15, 0.2) is 0 Å². The average molecular weight is 218 g/mol. The minimum Gasteiger partial charge on any atom is -0.328 e. The van der Waals surface area contributed by atoms with Crippen LogP contribution in [-0.4, -0.2) is 54.5 Å². The van der Waals surface area contributed by atoms with E-state index in [9.17, 15) is 4.79 Å². The van der Waals surface area contributed by atoms with Crippen molar-refractivity contribution in [3.05, 3.63) is 0 Å². The molecule has 84 valence electrons. The van der Waals surface area contributed by atoms with Crippen LogP contribution in [0.25, 0.3) is 0 Å². The SMILES string of the molecule is CCC(CSC)N(C)C(=O)N(C)CC. The van der Waals surface area contributed by atoms with Gasteiger partial charge in [-0.05, 0) is 19.6 Å². The second kappa shape index (κ2) is 6.98. The Hall–Kier alpha value is -0.380. The topological polar surface area (TPSA) is 23.6 Å². The summed E-state index contributed by atoms with van der Waals surface area (Å²) in [7, 11) is 3.73. The van der Waals surface area contributed by atoms with Gasteiger partial charge in [-0.3, -0.25) is 0 Å². The summed E-state index contributed by atoms with van der Waals surface area (Å²) in [6.07, 6.45) is 3.09. The Morgan fingerprint density at radius 1 is 1.36 bits per heavy atom. The number of hydrogen-bond acceptors (Lipinski definition) is 2. The Morgan fingerprint density at radius 2 is 1.93 bits per heavy atom. The van der Waals surface area contributed by atoms with Crippen LogP contribution in [0.3, 0.4) is 0 Å². The summed E-state index contributed by atoms with van der Waals surface area (Å²) in [6.45, 7) is 4.87. The largest absolute Gasteiger partial charge is 0.328 e. The summed E-state index contributed by atoms with van der Waals surface area (Å²) in [5.41, 5.74) is 0. The van der Waals surface area contributed by atoms with E-state index in [4.69, 9.17) is 0 Å². The lowest BCUT2D eigenvalue weighted by Gasteiger charge is -2.30. The normalized spacial score (nSPS) is 12.4. The molecule has 0 rings (SSSR count). The lowest BCUT2D eigenvalue weighted by molar-refractivity contribution is 0.161. The molecule has 4 heteroatoms. The van der Waals surface area contributed by atoms with Crippen LogP contribution < -0.4 is 0 Å². The Kier molecular flexibility index (Phi) is 6.79. The maximum absolute atomic E-state index is 11.8. The molecule has 0 aliphatic rings. The first-order chi connectivity index (χ1) is 6.58. The first-order valence-electron chi connectivity index (χ1n) is 5.05. The van der Waals surface area contributed by atoms with E-state index in [1.807, 2.05) is 25.9 Å². The van der Waals surface area contributed by atoms with E-state index in [0.29, 0.717) is 6.04 Å².